The van der Waals surface area contributed by atoms with E-state index in [1.54, 1.807) is 36.4 Å². The van der Waals surface area contributed by atoms with Gasteiger partial charge in [0.05, 0.1) is 28.1 Å². The van der Waals surface area contributed by atoms with E-state index in [4.69, 9.17) is 11.6 Å². The average Bonchev–Trinajstić information content (AvgIpc) is 3.76. The molecule has 0 bridgehead atoms. The summed E-state index contributed by atoms with van der Waals surface area (Å²) >= 11 is 6.24. The third kappa shape index (κ3) is 5.60. The second-order valence-electron chi connectivity index (χ2n) is 11.3. The highest BCUT2D eigenvalue weighted by atomic mass is 35.5. The van der Waals surface area contributed by atoms with Gasteiger partial charge in [-0.05, 0) is 79.1 Å². The summed E-state index contributed by atoms with van der Waals surface area (Å²) < 4.78 is 85.4. The highest BCUT2D eigenvalue weighted by molar-refractivity contribution is 7.93. The van der Waals surface area contributed by atoms with Crippen molar-refractivity contribution in [1.29, 1.82) is 0 Å². The molecular weight excluding hydrogens is 622 g/mol. The Hall–Kier alpha value is -3.22. The van der Waals surface area contributed by atoms with Gasteiger partial charge in [0, 0.05) is 28.6 Å². The smallest absolute Gasteiger partial charge is 0.387 e. The van der Waals surface area contributed by atoms with Crippen molar-refractivity contribution in [3.05, 3.63) is 88.4 Å². The van der Waals surface area contributed by atoms with Gasteiger partial charge in [0.15, 0.2) is 0 Å². The van der Waals surface area contributed by atoms with Crippen LogP contribution in [0, 0.1) is 5.92 Å². The van der Waals surface area contributed by atoms with Crippen LogP contribution >= 0.6 is 11.6 Å². The van der Waals surface area contributed by atoms with Crippen molar-refractivity contribution in [3.8, 4) is 5.75 Å². The molecule has 3 aromatic rings. The Morgan fingerprint density at radius 2 is 1.77 bits per heavy atom. The van der Waals surface area contributed by atoms with Crippen LogP contribution in [0.1, 0.15) is 47.2 Å². The molecule has 3 aliphatic rings. The summed E-state index contributed by atoms with van der Waals surface area (Å²) in [5, 5.41) is 3.37. The fourth-order valence-electron chi connectivity index (χ4n) is 6.45. The van der Waals surface area contributed by atoms with Gasteiger partial charge >= 0.3 is 6.61 Å². The molecule has 13 heteroatoms. The first-order valence-corrected chi connectivity index (χ1v) is 17.5. The maximum absolute atomic E-state index is 14.3. The zero-order valence-electron chi connectivity index (χ0n) is 22.9. The molecule has 1 saturated heterocycles. The van der Waals surface area contributed by atoms with Gasteiger partial charge in [-0.15, -0.1) is 0 Å². The van der Waals surface area contributed by atoms with E-state index in [1.807, 2.05) is 6.07 Å². The highest BCUT2D eigenvalue weighted by Gasteiger charge is 2.60. The number of hydrogen-bond acceptors (Lipinski definition) is 6. The van der Waals surface area contributed by atoms with Crippen molar-refractivity contribution in [1.82, 2.24) is 5.32 Å². The van der Waals surface area contributed by atoms with Crippen LogP contribution in [0.5, 0.6) is 5.75 Å². The molecule has 6 rings (SSSR count). The number of fused-ring (bicyclic) bond motifs is 2. The molecule has 43 heavy (non-hydrogen) atoms. The minimum Gasteiger partial charge on any atom is -0.435 e. The number of rotatable bonds is 8. The van der Waals surface area contributed by atoms with Gasteiger partial charge in [0.1, 0.15) is 15.6 Å². The summed E-state index contributed by atoms with van der Waals surface area (Å²) in [6, 6.07) is 16.3. The predicted octanol–water partition coefficient (Wildman–Crippen LogP) is 5.31. The van der Waals surface area contributed by atoms with E-state index < -0.39 is 37.9 Å². The lowest BCUT2D eigenvalue weighted by atomic mass is 9.70. The van der Waals surface area contributed by atoms with E-state index in [0.29, 0.717) is 21.8 Å². The number of amides is 1. The Morgan fingerprint density at radius 3 is 2.44 bits per heavy atom. The lowest BCUT2D eigenvalue weighted by molar-refractivity contribution is -0.0500. The topological polar surface area (TPSA) is 110 Å². The van der Waals surface area contributed by atoms with Crippen LogP contribution in [0.4, 0.5) is 14.5 Å². The molecule has 228 valence electrons. The lowest BCUT2D eigenvalue weighted by Crippen LogP contribution is -2.52. The van der Waals surface area contributed by atoms with Crippen LogP contribution in [-0.4, -0.2) is 46.9 Å². The highest BCUT2D eigenvalue weighted by Crippen LogP contribution is 2.59. The van der Waals surface area contributed by atoms with Crippen molar-refractivity contribution < 1.29 is 35.1 Å². The summed E-state index contributed by atoms with van der Waals surface area (Å²) in [6.07, 6.45) is 1.93. The Balaban J connectivity index is 1.43. The van der Waals surface area contributed by atoms with Crippen molar-refractivity contribution in [2.75, 3.05) is 15.8 Å². The molecule has 2 fully saturated rings. The van der Waals surface area contributed by atoms with Gasteiger partial charge < -0.3 is 10.1 Å². The van der Waals surface area contributed by atoms with Crippen LogP contribution in [-0.2, 0) is 31.8 Å². The number of hydrogen-bond donors (Lipinski definition) is 1. The fraction of sp³-hybridized carbons (Fsp3) is 0.367. The van der Waals surface area contributed by atoms with Crippen LogP contribution in [0.25, 0.3) is 0 Å². The average molecular weight is 651 g/mol. The number of carbonyl (C=O) groups is 1. The van der Waals surface area contributed by atoms with Crippen LogP contribution in [0.3, 0.4) is 0 Å². The molecule has 1 amide bonds. The summed E-state index contributed by atoms with van der Waals surface area (Å²) in [7, 11) is -7.63. The maximum Gasteiger partial charge on any atom is 0.387 e. The molecule has 2 heterocycles. The molecule has 1 unspecified atom stereocenters. The van der Waals surface area contributed by atoms with Gasteiger partial charge in [-0.3, -0.25) is 9.10 Å². The number of sulfone groups is 1. The molecule has 1 atom stereocenters. The largest absolute Gasteiger partial charge is 0.435 e. The van der Waals surface area contributed by atoms with Gasteiger partial charge in [0.2, 0.25) is 0 Å². The fourth-order valence-corrected chi connectivity index (χ4v) is 10.0. The molecule has 0 aromatic heterocycles. The summed E-state index contributed by atoms with van der Waals surface area (Å²) in [6.45, 7) is -2.94. The van der Waals surface area contributed by atoms with E-state index in [9.17, 15) is 30.4 Å². The number of sulfonamides is 1. The normalized spacial score (nSPS) is 20.7. The number of nitrogens with zero attached hydrogens (tertiary/aromatic N) is 1. The number of halogens is 3. The van der Waals surface area contributed by atoms with Crippen LogP contribution in [0.15, 0.2) is 71.6 Å². The molecule has 2 aliphatic heterocycles. The Kier molecular flexibility index (Phi) is 7.67. The van der Waals surface area contributed by atoms with Gasteiger partial charge in [-0.25, -0.2) is 16.8 Å². The number of nitrogens with one attached hydrogen (secondary N) is 1. The van der Waals surface area contributed by atoms with E-state index >= 15 is 0 Å². The van der Waals surface area contributed by atoms with Crippen molar-refractivity contribution >= 4 is 43.1 Å². The lowest BCUT2D eigenvalue weighted by Gasteiger charge is -2.41. The Labute approximate surface area is 254 Å². The zero-order valence-corrected chi connectivity index (χ0v) is 25.3. The zero-order chi connectivity index (χ0) is 30.6. The SMILES string of the molecule is O=C(NCc1ccccc1Cl)c1ccc2c(c1)C1(CCS(=O)(=O)CC1)C(C1CC1)N2S(=O)(=O)c1cccc(OC(F)F)c1. The van der Waals surface area contributed by atoms with Crippen molar-refractivity contribution in [2.45, 2.75) is 55.2 Å². The maximum atomic E-state index is 14.3. The van der Waals surface area contributed by atoms with Gasteiger partial charge in [-0.1, -0.05) is 35.9 Å². The van der Waals surface area contributed by atoms with Crippen molar-refractivity contribution in [2.24, 2.45) is 5.92 Å². The van der Waals surface area contributed by atoms with E-state index in [-0.39, 0.29) is 53.4 Å². The Bertz CT molecular complexity index is 1780. The molecule has 8 nitrogen and oxygen atoms in total. The first-order chi connectivity index (χ1) is 20.4. The molecule has 1 aliphatic carbocycles. The summed E-state index contributed by atoms with van der Waals surface area (Å²) in [5.74, 6) is -0.917. The third-order valence-electron chi connectivity index (χ3n) is 8.62. The van der Waals surface area contributed by atoms with Crippen LogP contribution < -0.4 is 14.4 Å². The first kappa shape index (κ1) is 29.8. The number of ether oxygens (including phenoxy) is 1. The molecule has 3 aromatic carbocycles. The molecule has 1 saturated carbocycles. The van der Waals surface area contributed by atoms with Gasteiger partial charge in [0.25, 0.3) is 15.9 Å². The number of benzene rings is 3. The van der Waals surface area contributed by atoms with E-state index in [2.05, 4.69) is 10.1 Å². The molecule has 0 radical (unpaired) electrons. The second kappa shape index (κ2) is 11.0. The summed E-state index contributed by atoms with van der Waals surface area (Å²) in [4.78, 5) is 13.1. The van der Waals surface area contributed by atoms with Crippen LogP contribution in [0.2, 0.25) is 5.02 Å². The standard InChI is InChI=1S/C30H29ClF2N2O6S2/c31-25-7-2-1-4-21(25)18-34-28(36)20-10-11-26-24(16-20)30(12-14-42(37,38)15-13-30)27(19-8-9-19)35(26)43(39,40)23-6-3-5-22(17-23)41-29(32)33/h1-7,10-11,16-17,19,27,29H,8-9,12-15,18H2,(H,34,36). The Morgan fingerprint density at radius 1 is 1.05 bits per heavy atom. The molecular formula is C30H29ClF2N2O6S2. The van der Waals surface area contributed by atoms with E-state index in [1.165, 1.54) is 22.5 Å². The van der Waals surface area contributed by atoms with E-state index in [0.717, 1.165) is 24.5 Å². The number of alkyl halides is 2. The minimum absolute atomic E-state index is 0.0269. The van der Waals surface area contributed by atoms with Gasteiger partial charge in [-0.2, -0.15) is 8.78 Å². The molecule has 1 spiro atoms. The quantitative estimate of drug-likeness (QED) is 0.354. The number of anilines is 1. The summed E-state index contributed by atoms with van der Waals surface area (Å²) in [5.41, 5.74) is 1.16. The second-order valence-corrected chi connectivity index (χ2v) is 15.8. The van der Waals surface area contributed by atoms with Crippen molar-refractivity contribution in [3.63, 3.8) is 0 Å². The molecule has 1 N–H and O–H groups in total. The predicted molar refractivity (Wildman–Crippen MR) is 158 cm³/mol. The number of carbonyl (C=O) groups excluding carboxylic acids is 1. The first-order valence-electron chi connectivity index (χ1n) is 13.9. The monoisotopic (exact) mass is 650 g/mol. The third-order valence-corrected chi connectivity index (χ3v) is 12.4. The minimum atomic E-state index is -4.31.